The summed E-state index contributed by atoms with van der Waals surface area (Å²) in [6.45, 7) is 6.23. The fourth-order valence-corrected chi connectivity index (χ4v) is 3.59. The average molecular weight is 211 g/mol. The van der Waals surface area contributed by atoms with Crippen LogP contribution in [0.5, 0.6) is 0 Å². The summed E-state index contributed by atoms with van der Waals surface area (Å²) in [4.78, 5) is 0. The van der Waals surface area contributed by atoms with Crippen molar-refractivity contribution >= 4 is 21.8 Å². The number of sulfonamides is 1. The molecule has 0 saturated carbocycles. The molecule has 74 valence electrons. The van der Waals surface area contributed by atoms with Crippen LogP contribution in [0, 0.1) is 0 Å². The van der Waals surface area contributed by atoms with Gasteiger partial charge in [0.25, 0.3) is 0 Å². The SMILES string of the molecule is CCNS(=O)(=O)CC(C)SCC. The van der Waals surface area contributed by atoms with Gasteiger partial charge in [-0.25, -0.2) is 13.1 Å². The molecule has 0 bridgehead atoms. The van der Waals surface area contributed by atoms with Gasteiger partial charge in [-0.1, -0.05) is 20.8 Å². The first-order valence-corrected chi connectivity index (χ1v) is 6.80. The third-order valence-electron chi connectivity index (χ3n) is 1.27. The smallest absolute Gasteiger partial charge is 0.212 e. The van der Waals surface area contributed by atoms with Gasteiger partial charge in [0.05, 0.1) is 5.75 Å². The minimum absolute atomic E-state index is 0.180. The molecular formula is C7H17NO2S2. The summed E-state index contributed by atoms with van der Waals surface area (Å²) in [5.41, 5.74) is 0. The highest BCUT2D eigenvalue weighted by atomic mass is 32.2. The van der Waals surface area contributed by atoms with E-state index in [1.807, 2.05) is 13.8 Å². The quantitative estimate of drug-likeness (QED) is 0.715. The molecule has 0 aromatic heterocycles. The van der Waals surface area contributed by atoms with Gasteiger partial charge in [-0.3, -0.25) is 0 Å². The molecule has 5 heteroatoms. The second-order valence-electron chi connectivity index (χ2n) is 2.55. The normalized spacial score (nSPS) is 14.6. The van der Waals surface area contributed by atoms with Crippen molar-refractivity contribution in [2.24, 2.45) is 0 Å². The molecule has 0 fully saturated rings. The Labute approximate surface area is 79.4 Å². The maximum Gasteiger partial charge on any atom is 0.212 e. The van der Waals surface area contributed by atoms with Gasteiger partial charge in [-0.15, -0.1) is 0 Å². The maximum absolute atomic E-state index is 11.2. The topological polar surface area (TPSA) is 46.2 Å². The van der Waals surface area contributed by atoms with Gasteiger partial charge < -0.3 is 0 Å². The molecule has 0 radical (unpaired) electrons. The Morgan fingerprint density at radius 3 is 2.42 bits per heavy atom. The first-order valence-electron chi connectivity index (χ1n) is 4.10. The lowest BCUT2D eigenvalue weighted by molar-refractivity contribution is 0.583. The molecule has 0 aliphatic heterocycles. The van der Waals surface area contributed by atoms with E-state index in [0.717, 1.165) is 5.75 Å². The Bertz CT molecular complexity index is 201. The molecule has 0 spiro atoms. The molecule has 0 saturated heterocycles. The predicted molar refractivity (Wildman–Crippen MR) is 55.1 cm³/mol. The van der Waals surface area contributed by atoms with Gasteiger partial charge >= 0.3 is 0 Å². The predicted octanol–water partition coefficient (Wildman–Crippen LogP) is 1.07. The molecule has 0 aliphatic carbocycles. The van der Waals surface area contributed by atoms with Gasteiger partial charge in [-0.2, -0.15) is 11.8 Å². The number of hydrogen-bond donors (Lipinski definition) is 1. The fourth-order valence-electron chi connectivity index (χ4n) is 0.920. The van der Waals surface area contributed by atoms with Crippen molar-refractivity contribution in [1.82, 2.24) is 4.72 Å². The van der Waals surface area contributed by atoms with Crippen LogP contribution in [-0.2, 0) is 10.0 Å². The molecule has 0 aromatic carbocycles. The van der Waals surface area contributed by atoms with Crippen molar-refractivity contribution in [2.75, 3.05) is 18.1 Å². The zero-order valence-corrected chi connectivity index (χ0v) is 9.46. The Kier molecular flexibility index (Phi) is 5.96. The highest BCUT2D eigenvalue weighted by molar-refractivity contribution is 8.01. The van der Waals surface area contributed by atoms with Crippen LogP contribution in [0.1, 0.15) is 20.8 Å². The van der Waals surface area contributed by atoms with Crippen LogP contribution < -0.4 is 4.72 Å². The van der Waals surface area contributed by atoms with Crippen LogP contribution >= 0.6 is 11.8 Å². The van der Waals surface area contributed by atoms with Crippen molar-refractivity contribution in [3.05, 3.63) is 0 Å². The third kappa shape index (κ3) is 5.85. The monoisotopic (exact) mass is 211 g/mol. The van der Waals surface area contributed by atoms with E-state index in [1.54, 1.807) is 18.7 Å². The van der Waals surface area contributed by atoms with Crippen LogP contribution in [-0.4, -0.2) is 31.7 Å². The zero-order chi connectivity index (χ0) is 9.61. The van der Waals surface area contributed by atoms with Crippen molar-refractivity contribution in [3.63, 3.8) is 0 Å². The molecule has 12 heavy (non-hydrogen) atoms. The number of thioether (sulfide) groups is 1. The molecule has 1 unspecified atom stereocenters. The first-order chi connectivity index (χ1) is 5.52. The minimum Gasteiger partial charge on any atom is -0.215 e. The average Bonchev–Trinajstić information content (AvgIpc) is 1.85. The summed E-state index contributed by atoms with van der Waals surface area (Å²) in [5.74, 6) is 1.18. The lowest BCUT2D eigenvalue weighted by Crippen LogP contribution is -2.29. The lowest BCUT2D eigenvalue weighted by Gasteiger charge is -2.10. The van der Waals surface area contributed by atoms with E-state index in [4.69, 9.17) is 0 Å². The largest absolute Gasteiger partial charge is 0.215 e. The van der Waals surface area contributed by atoms with E-state index >= 15 is 0 Å². The Hall–Kier alpha value is 0.260. The minimum atomic E-state index is -3.02. The highest BCUT2D eigenvalue weighted by Gasteiger charge is 2.13. The van der Waals surface area contributed by atoms with E-state index in [-0.39, 0.29) is 11.0 Å². The second kappa shape index (κ2) is 5.83. The molecule has 0 amide bonds. The van der Waals surface area contributed by atoms with Gasteiger partial charge in [0.15, 0.2) is 0 Å². The van der Waals surface area contributed by atoms with E-state index in [2.05, 4.69) is 4.72 Å². The van der Waals surface area contributed by atoms with E-state index in [9.17, 15) is 8.42 Å². The maximum atomic E-state index is 11.2. The molecule has 1 atom stereocenters. The van der Waals surface area contributed by atoms with E-state index < -0.39 is 10.0 Å². The molecule has 0 aliphatic rings. The van der Waals surface area contributed by atoms with Crippen LogP contribution in [0.4, 0.5) is 0 Å². The molecule has 0 rings (SSSR count). The van der Waals surface area contributed by atoms with Crippen molar-refractivity contribution in [1.29, 1.82) is 0 Å². The van der Waals surface area contributed by atoms with E-state index in [0.29, 0.717) is 6.54 Å². The van der Waals surface area contributed by atoms with Crippen molar-refractivity contribution < 1.29 is 8.42 Å². The van der Waals surface area contributed by atoms with Crippen molar-refractivity contribution in [3.8, 4) is 0 Å². The number of hydrogen-bond acceptors (Lipinski definition) is 3. The number of rotatable bonds is 6. The standard InChI is InChI=1S/C7H17NO2S2/c1-4-8-12(9,10)6-7(3)11-5-2/h7-8H,4-6H2,1-3H3. The Balaban J connectivity index is 3.89. The van der Waals surface area contributed by atoms with Gasteiger partial charge in [0.2, 0.25) is 10.0 Å². The van der Waals surface area contributed by atoms with Crippen molar-refractivity contribution in [2.45, 2.75) is 26.0 Å². The summed E-state index contributed by atoms with van der Waals surface area (Å²) in [6.07, 6.45) is 0. The van der Waals surface area contributed by atoms with Gasteiger partial charge in [0, 0.05) is 11.8 Å². The molecule has 3 nitrogen and oxygen atoms in total. The summed E-state index contributed by atoms with van der Waals surface area (Å²) in [6, 6.07) is 0. The Morgan fingerprint density at radius 2 is 2.00 bits per heavy atom. The summed E-state index contributed by atoms with van der Waals surface area (Å²) in [5, 5.41) is 0.180. The third-order valence-corrected chi connectivity index (χ3v) is 4.22. The van der Waals surface area contributed by atoms with Crippen LogP contribution in [0.15, 0.2) is 0 Å². The van der Waals surface area contributed by atoms with Crippen LogP contribution in [0.3, 0.4) is 0 Å². The molecular weight excluding hydrogens is 194 g/mol. The van der Waals surface area contributed by atoms with Gasteiger partial charge in [0.1, 0.15) is 0 Å². The van der Waals surface area contributed by atoms with Gasteiger partial charge in [-0.05, 0) is 5.75 Å². The first kappa shape index (κ1) is 12.3. The lowest BCUT2D eigenvalue weighted by atomic mass is 10.6. The molecule has 0 heterocycles. The number of nitrogens with one attached hydrogen (secondary N) is 1. The van der Waals surface area contributed by atoms with Crippen LogP contribution in [0.25, 0.3) is 0 Å². The molecule has 1 N–H and O–H groups in total. The summed E-state index contributed by atoms with van der Waals surface area (Å²) < 4.78 is 24.9. The van der Waals surface area contributed by atoms with Crippen LogP contribution in [0.2, 0.25) is 0 Å². The summed E-state index contributed by atoms with van der Waals surface area (Å²) >= 11 is 1.66. The highest BCUT2D eigenvalue weighted by Crippen LogP contribution is 2.10. The zero-order valence-electron chi connectivity index (χ0n) is 7.83. The fraction of sp³-hybridized carbons (Fsp3) is 1.00. The van der Waals surface area contributed by atoms with E-state index in [1.165, 1.54) is 0 Å². The summed E-state index contributed by atoms with van der Waals surface area (Å²) in [7, 11) is -3.02. The molecule has 0 aromatic rings. The Morgan fingerprint density at radius 1 is 1.42 bits per heavy atom. The second-order valence-corrected chi connectivity index (χ2v) is 6.11.